The zero-order chi connectivity index (χ0) is 19.7. The number of fused-ring (bicyclic) bond motifs is 1. The average molecular weight is 374 g/mol. The number of hydrogen-bond donors (Lipinski definition) is 3. The van der Waals surface area contributed by atoms with Crippen molar-refractivity contribution < 1.29 is 24.5 Å². The maximum Gasteiger partial charge on any atom is 0.337 e. The van der Waals surface area contributed by atoms with Gasteiger partial charge in [0.05, 0.1) is 36.9 Å². The molecule has 1 aromatic heterocycles. The summed E-state index contributed by atoms with van der Waals surface area (Å²) in [6.07, 6.45) is -0.712. The van der Waals surface area contributed by atoms with Crippen molar-refractivity contribution in [3.05, 3.63) is 35.3 Å². The van der Waals surface area contributed by atoms with Crippen LogP contribution in [0.15, 0.2) is 29.5 Å². The number of carbonyl (C=O) groups excluding carboxylic acids is 2. The minimum atomic E-state index is -0.712. The molecule has 0 bridgehead atoms. The predicted octanol–water partition coefficient (Wildman–Crippen LogP) is 0.300. The standard InChI is InChI=1S/C18H22N4O5/c1-10(24)16-20-13-8-11(4-5-14(13)21(16)2)19-15-12(18(26)27-3)9-22(6-7-23)17(15)25/h4-5,8,10,19,23-24H,6-7,9H2,1-3H3. The number of nitrogens with one attached hydrogen (secondary N) is 1. The lowest BCUT2D eigenvalue weighted by molar-refractivity contribution is -0.136. The molecular formula is C18H22N4O5. The molecule has 3 N–H and O–H groups in total. The second-order valence-electron chi connectivity index (χ2n) is 6.33. The lowest BCUT2D eigenvalue weighted by Crippen LogP contribution is -2.31. The monoisotopic (exact) mass is 374 g/mol. The molecule has 0 radical (unpaired) electrons. The smallest absolute Gasteiger partial charge is 0.337 e. The number of ether oxygens (including phenoxy) is 1. The maximum atomic E-state index is 12.6. The molecule has 9 nitrogen and oxygen atoms in total. The van der Waals surface area contributed by atoms with E-state index < -0.39 is 12.1 Å². The van der Waals surface area contributed by atoms with E-state index in [0.29, 0.717) is 17.0 Å². The van der Waals surface area contributed by atoms with Gasteiger partial charge in [0.2, 0.25) is 0 Å². The first-order chi connectivity index (χ1) is 12.9. The van der Waals surface area contributed by atoms with Crippen molar-refractivity contribution in [2.45, 2.75) is 13.0 Å². The molecule has 9 heteroatoms. The van der Waals surface area contributed by atoms with E-state index in [0.717, 1.165) is 5.52 Å². The Morgan fingerprint density at radius 2 is 2.19 bits per heavy atom. The van der Waals surface area contributed by atoms with Crippen LogP contribution in [0, 0.1) is 0 Å². The summed E-state index contributed by atoms with van der Waals surface area (Å²) in [7, 11) is 3.07. The van der Waals surface area contributed by atoms with Crippen molar-refractivity contribution in [1.82, 2.24) is 14.5 Å². The van der Waals surface area contributed by atoms with Crippen molar-refractivity contribution >= 4 is 28.6 Å². The molecule has 0 fully saturated rings. The molecule has 1 aliphatic heterocycles. The fraction of sp³-hybridized carbons (Fsp3) is 0.389. The molecule has 3 rings (SSSR count). The van der Waals surface area contributed by atoms with E-state index in [-0.39, 0.29) is 36.9 Å². The highest BCUT2D eigenvalue weighted by Gasteiger charge is 2.34. The summed E-state index contributed by atoms with van der Waals surface area (Å²) in [6, 6.07) is 5.32. The summed E-state index contributed by atoms with van der Waals surface area (Å²) in [5.41, 5.74) is 2.39. The highest BCUT2D eigenvalue weighted by Crippen LogP contribution is 2.26. The van der Waals surface area contributed by atoms with Crippen LogP contribution in [0.4, 0.5) is 5.69 Å². The fourth-order valence-electron chi connectivity index (χ4n) is 3.16. The minimum Gasteiger partial charge on any atom is -0.466 e. The van der Waals surface area contributed by atoms with Gasteiger partial charge >= 0.3 is 5.97 Å². The molecule has 2 heterocycles. The quantitative estimate of drug-likeness (QED) is 0.623. The number of benzene rings is 1. The second kappa shape index (κ2) is 7.37. The molecule has 0 saturated heterocycles. The minimum absolute atomic E-state index is 0.0758. The molecule has 144 valence electrons. The first kappa shape index (κ1) is 18.9. The summed E-state index contributed by atoms with van der Waals surface area (Å²) in [5.74, 6) is -0.445. The van der Waals surface area contributed by atoms with Gasteiger partial charge in [0, 0.05) is 19.3 Å². The predicted molar refractivity (Wildman–Crippen MR) is 97.7 cm³/mol. The van der Waals surface area contributed by atoms with Crippen LogP contribution < -0.4 is 5.32 Å². The van der Waals surface area contributed by atoms with Crippen molar-refractivity contribution in [2.75, 3.05) is 32.1 Å². The van der Waals surface area contributed by atoms with Crippen LogP contribution in [-0.4, -0.2) is 63.3 Å². The van der Waals surface area contributed by atoms with Crippen LogP contribution in [0.25, 0.3) is 11.0 Å². The van der Waals surface area contributed by atoms with Crippen molar-refractivity contribution in [1.29, 1.82) is 0 Å². The van der Waals surface area contributed by atoms with Crippen LogP contribution >= 0.6 is 0 Å². The number of aliphatic hydroxyl groups is 2. The molecule has 1 aliphatic rings. The van der Waals surface area contributed by atoms with E-state index in [1.54, 1.807) is 23.6 Å². The van der Waals surface area contributed by atoms with Crippen molar-refractivity contribution in [2.24, 2.45) is 7.05 Å². The van der Waals surface area contributed by atoms with Gasteiger partial charge in [-0.05, 0) is 25.1 Å². The summed E-state index contributed by atoms with van der Waals surface area (Å²) in [4.78, 5) is 30.4. The molecule has 1 amide bonds. The molecule has 0 aliphatic carbocycles. The number of aryl methyl sites for hydroxylation is 1. The van der Waals surface area contributed by atoms with Gasteiger partial charge < -0.3 is 29.7 Å². The SMILES string of the molecule is COC(=O)C1=C(Nc2ccc3c(c2)nc(C(C)O)n3C)C(=O)N(CCO)C1. The van der Waals surface area contributed by atoms with Gasteiger partial charge in [-0.1, -0.05) is 0 Å². The van der Waals surface area contributed by atoms with E-state index in [1.807, 2.05) is 13.1 Å². The number of aromatic nitrogens is 2. The summed E-state index contributed by atoms with van der Waals surface area (Å²) in [5, 5.41) is 21.9. The van der Waals surface area contributed by atoms with Gasteiger partial charge in [-0.2, -0.15) is 0 Å². The van der Waals surface area contributed by atoms with Crippen LogP contribution in [0.3, 0.4) is 0 Å². The lowest BCUT2D eigenvalue weighted by atomic mass is 10.2. The number of aliphatic hydroxyl groups excluding tert-OH is 2. The Kier molecular flexibility index (Phi) is 5.15. The highest BCUT2D eigenvalue weighted by molar-refractivity contribution is 6.08. The van der Waals surface area contributed by atoms with E-state index in [4.69, 9.17) is 9.84 Å². The number of imidazole rings is 1. The molecule has 1 atom stereocenters. The highest BCUT2D eigenvalue weighted by atomic mass is 16.5. The van der Waals surface area contributed by atoms with Crippen LogP contribution in [0.2, 0.25) is 0 Å². The zero-order valence-corrected chi connectivity index (χ0v) is 15.4. The molecule has 27 heavy (non-hydrogen) atoms. The third-order valence-corrected chi connectivity index (χ3v) is 4.51. The number of esters is 1. The normalized spacial score (nSPS) is 15.6. The summed E-state index contributed by atoms with van der Waals surface area (Å²) < 4.78 is 6.57. The lowest BCUT2D eigenvalue weighted by Gasteiger charge is -2.15. The Labute approximate surface area is 155 Å². The number of anilines is 1. The van der Waals surface area contributed by atoms with Gasteiger partial charge in [-0.25, -0.2) is 9.78 Å². The Morgan fingerprint density at radius 3 is 2.81 bits per heavy atom. The third kappa shape index (κ3) is 3.38. The molecule has 1 aromatic carbocycles. The summed E-state index contributed by atoms with van der Waals surface area (Å²) in [6.45, 7) is 1.64. The Morgan fingerprint density at radius 1 is 1.44 bits per heavy atom. The number of hydrogen-bond acceptors (Lipinski definition) is 7. The van der Waals surface area contributed by atoms with E-state index in [2.05, 4.69) is 10.3 Å². The Balaban J connectivity index is 1.96. The molecule has 2 aromatic rings. The molecule has 0 spiro atoms. The van der Waals surface area contributed by atoms with Crippen molar-refractivity contribution in [3.63, 3.8) is 0 Å². The Hall–Kier alpha value is -2.91. The number of carbonyl (C=O) groups is 2. The Bertz CT molecular complexity index is 931. The van der Waals surface area contributed by atoms with Crippen LogP contribution in [0.5, 0.6) is 0 Å². The van der Waals surface area contributed by atoms with Gasteiger partial charge in [-0.3, -0.25) is 4.79 Å². The number of β-amino-alcohol motifs (C(OH)–C–C–N with tert-alkyl or cyclic N) is 1. The van der Waals surface area contributed by atoms with Gasteiger partial charge in [0.25, 0.3) is 5.91 Å². The second-order valence-corrected chi connectivity index (χ2v) is 6.33. The van der Waals surface area contributed by atoms with Crippen LogP contribution in [0.1, 0.15) is 18.9 Å². The molecular weight excluding hydrogens is 352 g/mol. The van der Waals surface area contributed by atoms with Gasteiger partial charge in [0.1, 0.15) is 17.6 Å². The largest absolute Gasteiger partial charge is 0.466 e. The summed E-state index contributed by atoms with van der Waals surface area (Å²) >= 11 is 0. The molecule has 1 unspecified atom stereocenters. The molecule has 0 saturated carbocycles. The zero-order valence-electron chi connectivity index (χ0n) is 15.4. The third-order valence-electron chi connectivity index (χ3n) is 4.51. The van der Waals surface area contributed by atoms with Gasteiger partial charge in [0.15, 0.2) is 0 Å². The van der Waals surface area contributed by atoms with Crippen molar-refractivity contribution in [3.8, 4) is 0 Å². The van der Waals surface area contributed by atoms with Crippen LogP contribution in [-0.2, 0) is 21.4 Å². The number of amides is 1. The fourth-order valence-corrected chi connectivity index (χ4v) is 3.16. The number of rotatable bonds is 6. The first-order valence-corrected chi connectivity index (χ1v) is 8.50. The number of methoxy groups -OCH3 is 1. The first-order valence-electron chi connectivity index (χ1n) is 8.50. The van der Waals surface area contributed by atoms with E-state index in [1.165, 1.54) is 12.0 Å². The van der Waals surface area contributed by atoms with E-state index in [9.17, 15) is 14.7 Å². The van der Waals surface area contributed by atoms with E-state index >= 15 is 0 Å². The number of nitrogens with zero attached hydrogens (tertiary/aromatic N) is 3. The topological polar surface area (TPSA) is 117 Å². The average Bonchev–Trinajstić information content (AvgIpc) is 3.13. The van der Waals surface area contributed by atoms with Gasteiger partial charge in [-0.15, -0.1) is 0 Å². The maximum absolute atomic E-state index is 12.6.